The van der Waals surface area contributed by atoms with Crippen LogP contribution in [0.4, 0.5) is 0 Å². The molecule has 4 rings (SSSR count). The molecule has 0 bridgehead atoms. The van der Waals surface area contributed by atoms with E-state index in [2.05, 4.69) is 58.8 Å². The first-order chi connectivity index (χ1) is 13.7. The number of aromatic nitrogens is 2. The smallest absolute Gasteiger partial charge is 0.234 e. The molecule has 2 aromatic rings. The van der Waals surface area contributed by atoms with Gasteiger partial charge < -0.3 is 10.1 Å². The zero-order valence-corrected chi connectivity index (χ0v) is 16.4. The quantitative estimate of drug-likeness (QED) is 0.837. The highest BCUT2D eigenvalue weighted by Crippen LogP contribution is 2.23. The lowest BCUT2D eigenvalue weighted by molar-refractivity contribution is -0.122. The number of nitrogens with zero attached hydrogens (tertiary/aromatic N) is 3. The van der Waals surface area contributed by atoms with Gasteiger partial charge in [0.25, 0.3) is 0 Å². The molecule has 28 heavy (non-hydrogen) atoms. The number of amides is 1. The fourth-order valence-corrected chi connectivity index (χ4v) is 3.74. The molecular weight excluding hydrogens is 352 g/mol. The van der Waals surface area contributed by atoms with Crippen LogP contribution in [0, 0.1) is 6.92 Å². The van der Waals surface area contributed by atoms with Crippen LogP contribution in [0.15, 0.2) is 42.7 Å². The van der Waals surface area contributed by atoms with Crippen LogP contribution in [-0.2, 0) is 9.53 Å². The molecule has 0 aliphatic carbocycles. The predicted octanol–water partition coefficient (Wildman–Crippen LogP) is 2.57. The van der Waals surface area contributed by atoms with Crippen molar-refractivity contribution in [2.24, 2.45) is 0 Å². The van der Waals surface area contributed by atoms with Crippen LogP contribution in [0.2, 0.25) is 0 Å². The van der Waals surface area contributed by atoms with Crippen LogP contribution in [0.3, 0.4) is 0 Å². The first kappa shape index (κ1) is 18.9. The molecule has 2 aliphatic heterocycles. The molecule has 2 aliphatic rings. The van der Waals surface area contributed by atoms with Gasteiger partial charge in [0.05, 0.1) is 24.5 Å². The Hall–Kier alpha value is -2.44. The SMILES string of the molecule is Cc1ccc(-n2cc(C3=CCN(CC(=O)NC[C@H]4CCCO4)CC3)cn2)cc1. The van der Waals surface area contributed by atoms with Gasteiger partial charge in [0, 0.05) is 38.0 Å². The highest BCUT2D eigenvalue weighted by Gasteiger charge is 2.19. The molecule has 1 N–H and O–H groups in total. The van der Waals surface area contributed by atoms with E-state index in [1.54, 1.807) is 0 Å². The first-order valence-electron chi connectivity index (χ1n) is 10.1. The first-order valence-corrected chi connectivity index (χ1v) is 10.1. The van der Waals surface area contributed by atoms with Gasteiger partial charge in [-0.1, -0.05) is 23.8 Å². The van der Waals surface area contributed by atoms with E-state index in [1.165, 1.54) is 11.1 Å². The number of hydrogen-bond donors (Lipinski definition) is 1. The number of nitrogens with one attached hydrogen (secondary N) is 1. The summed E-state index contributed by atoms with van der Waals surface area (Å²) in [5.74, 6) is 0.0829. The number of carbonyl (C=O) groups is 1. The number of rotatable bonds is 6. The van der Waals surface area contributed by atoms with Crippen LogP contribution >= 0.6 is 0 Å². The van der Waals surface area contributed by atoms with Crippen LogP contribution in [0.1, 0.15) is 30.4 Å². The highest BCUT2D eigenvalue weighted by atomic mass is 16.5. The van der Waals surface area contributed by atoms with Gasteiger partial charge in [-0.2, -0.15) is 5.10 Å². The lowest BCUT2D eigenvalue weighted by atomic mass is 10.0. The molecule has 1 aromatic heterocycles. The van der Waals surface area contributed by atoms with Gasteiger partial charge in [-0.15, -0.1) is 0 Å². The third kappa shape index (κ3) is 4.69. The van der Waals surface area contributed by atoms with E-state index in [9.17, 15) is 4.79 Å². The summed E-state index contributed by atoms with van der Waals surface area (Å²) in [6.45, 7) is 5.65. The molecule has 0 unspecified atom stereocenters. The fourth-order valence-electron chi connectivity index (χ4n) is 3.74. The van der Waals surface area contributed by atoms with Crippen LogP contribution < -0.4 is 5.32 Å². The van der Waals surface area contributed by atoms with E-state index in [4.69, 9.17) is 4.74 Å². The standard InChI is InChI=1S/C22H28N4O2/c1-17-4-6-20(7-5-17)26-15-19(13-24-26)18-8-10-25(11-9-18)16-22(27)23-14-21-3-2-12-28-21/h4-8,13,15,21H,2-3,9-12,14,16H2,1H3,(H,23,27)/t21-/m1/s1. The van der Waals surface area contributed by atoms with Crippen molar-refractivity contribution in [3.8, 4) is 5.69 Å². The minimum Gasteiger partial charge on any atom is -0.376 e. The number of benzene rings is 1. The molecule has 0 spiro atoms. The Morgan fingerprint density at radius 3 is 2.89 bits per heavy atom. The van der Waals surface area contributed by atoms with Gasteiger partial charge in [0.15, 0.2) is 0 Å². The number of ether oxygens (including phenoxy) is 1. The highest BCUT2D eigenvalue weighted by molar-refractivity contribution is 5.78. The van der Waals surface area contributed by atoms with Crippen molar-refractivity contribution in [2.75, 3.05) is 32.8 Å². The van der Waals surface area contributed by atoms with Gasteiger partial charge in [-0.3, -0.25) is 9.69 Å². The monoisotopic (exact) mass is 380 g/mol. The molecule has 1 amide bonds. The van der Waals surface area contributed by atoms with E-state index in [1.807, 2.05) is 10.9 Å². The second-order valence-corrected chi connectivity index (χ2v) is 7.66. The minimum absolute atomic E-state index is 0.0829. The Balaban J connectivity index is 1.29. The predicted molar refractivity (Wildman–Crippen MR) is 109 cm³/mol. The van der Waals surface area contributed by atoms with Crippen molar-refractivity contribution in [3.05, 3.63) is 53.9 Å². The Morgan fingerprint density at radius 1 is 1.32 bits per heavy atom. The molecule has 1 aromatic carbocycles. The largest absolute Gasteiger partial charge is 0.376 e. The molecule has 0 radical (unpaired) electrons. The third-order valence-corrected chi connectivity index (χ3v) is 5.46. The minimum atomic E-state index is 0.0829. The summed E-state index contributed by atoms with van der Waals surface area (Å²) in [4.78, 5) is 14.3. The summed E-state index contributed by atoms with van der Waals surface area (Å²) < 4.78 is 7.47. The Labute approximate surface area is 166 Å². The van der Waals surface area contributed by atoms with E-state index in [0.717, 1.165) is 50.2 Å². The van der Waals surface area contributed by atoms with Crippen molar-refractivity contribution >= 4 is 11.5 Å². The molecule has 6 nitrogen and oxygen atoms in total. The molecule has 1 saturated heterocycles. The lowest BCUT2D eigenvalue weighted by Crippen LogP contribution is -2.41. The normalized spacial score (nSPS) is 20.2. The zero-order chi connectivity index (χ0) is 19.3. The van der Waals surface area contributed by atoms with Gasteiger partial charge in [-0.25, -0.2) is 4.68 Å². The molecule has 1 atom stereocenters. The summed E-state index contributed by atoms with van der Waals surface area (Å²) in [7, 11) is 0. The van der Waals surface area contributed by atoms with Gasteiger partial charge in [-0.05, 0) is 43.9 Å². The summed E-state index contributed by atoms with van der Waals surface area (Å²) in [6.07, 6.45) is 9.50. The lowest BCUT2D eigenvalue weighted by Gasteiger charge is -2.25. The van der Waals surface area contributed by atoms with Crippen molar-refractivity contribution < 1.29 is 9.53 Å². The number of carbonyl (C=O) groups excluding carboxylic acids is 1. The van der Waals surface area contributed by atoms with Crippen molar-refractivity contribution in [1.29, 1.82) is 0 Å². The number of hydrogen-bond acceptors (Lipinski definition) is 4. The molecular formula is C22H28N4O2. The average molecular weight is 380 g/mol. The summed E-state index contributed by atoms with van der Waals surface area (Å²) in [6, 6.07) is 8.35. The summed E-state index contributed by atoms with van der Waals surface area (Å²) in [5.41, 5.74) is 4.77. The second kappa shape index (κ2) is 8.71. The molecule has 1 fully saturated rings. The van der Waals surface area contributed by atoms with Gasteiger partial charge in [0.2, 0.25) is 5.91 Å². The topological polar surface area (TPSA) is 59.4 Å². The van der Waals surface area contributed by atoms with Gasteiger partial charge >= 0.3 is 0 Å². The maximum atomic E-state index is 12.2. The second-order valence-electron chi connectivity index (χ2n) is 7.66. The zero-order valence-electron chi connectivity index (χ0n) is 16.4. The van der Waals surface area contributed by atoms with E-state index in [-0.39, 0.29) is 12.0 Å². The average Bonchev–Trinajstić information content (AvgIpc) is 3.40. The Bertz CT molecular complexity index is 834. The van der Waals surface area contributed by atoms with Crippen LogP contribution in [0.25, 0.3) is 11.3 Å². The van der Waals surface area contributed by atoms with Crippen molar-refractivity contribution in [2.45, 2.75) is 32.3 Å². The molecule has 148 valence electrons. The molecule has 3 heterocycles. The fraction of sp³-hybridized carbons (Fsp3) is 0.455. The summed E-state index contributed by atoms with van der Waals surface area (Å²) >= 11 is 0. The van der Waals surface area contributed by atoms with Crippen LogP contribution in [0.5, 0.6) is 0 Å². The van der Waals surface area contributed by atoms with E-state index < -0.39 is 0 Å². The van der Waals surface area contributed by atoms with E-state index >= 15 is 0 Å². The van der Waals surface area contributed by atoms with Crippen LogP contribution in [-0.4, -0.2) is 59.5 Å². The molecule has 0 saturated carbocycles. The summed E-state index contributed by atoms with van der Waals surface area (Å²) in [5, 5.41) is 7.51. The molecule has 6 heteroatoms. The van der Waals surface area contributed by atoms with Crippen molar-refractivity contribution in [1.82, 2.24) is 20.0 Å². The third-order valence-electron chi connectivity index (χ3n) is 5.46. The van der Waals surface area contributed by atoms with E-state index in [0.29, 0.717) is 13.1 Å². The Morgan fingerprint density at radius 2 is 2.18 bits per heavy atom. The van der Waals surface area contributed by atoms with Crippen molar-refractivity contribution in [3.63, 3.8) is 0 Å². The van der Waals surface area contributed by atoms with Gasteiger partial charge in [0.1, 0.15) is 0 Å². The maximum absolute atomic E-state index is 12.2. The Kier molecular flexibility index (Phi) is 5.88. The maximum Gasteiger partial charge on any atom is 0.234 e. The number of aryl methyl sites for hydroxylation is 1.